The molecule has 0 radical (unpaired) electrons. The first kappa shape index (κ1) is 14.0. The zero-order chi connectivity index (χ0) is 12.7. The van der Waals surface area contributed by atoms with Gasteiger partial charge >= 0.3 is 0 Å². The van der Waals surface area contributed by atoms with Crippen molar-refractivity contribution in [2.75, 3.05) is 18.6 Å². The monoisotopic (exact) mass is 271 g/mol. The number of aromatic nitrogens is 1. The van der Waals surface area contributed by atoms with E-state index in [1.807, 2.05) is 6.26 Å². The van der Waals surface area contributed by atoms with Crippen LogP contribution < -0.4 is 4.72 Å². The van der Waals surface area contributed by atoms with Crippen molar-refractivity contribution >= 4 is 21.8 Å². The number of hydrogen-bond donors (Lipinski definition) is 1. The molecule has 1 N–H and O–H groups in total. The van der Waals surface area contributed by atoms with E-state index < -0.39 is 10.0 Å². The van der Waals surface area contributed by atoms with Gasteiger partial charge in [0.2, 0.25) is 10.0 Å². The van der Waals surface area contributed by atoms with Crippen molar-refractivity contribution in [3.8, 4) is 6.07 Å². The number of thioether (sulfide) groups is 1. The Hall–Kier alpha value is -1.10. The Labute approximate surface area is 105 Å². The van der Waals surface area contributed by atoms with E-state index in [4.69, 9.17) is 5.26 Å². The van der Waals surface area contributed by atoms with Gasteiger partial charge in [-0.15, -0.1) is 0 Å². The minimum atomic E-state index is -3.63. The highest BCUT2D eigenvalue weighted by Gasteiger charge is 2.18. The molecule has 92 valence electrons. The van der Waals surface area contributed by atoms with Crippen LogP contribution in [0.25, 0.3) is 0 Å². The van der Waals surface area contributed by atoms with Gasteiger partial charge in [0.15, 0.2) is 5.69 Å². The van der Waals surface area contributed by atoms with Crippen LogP contribution in [-0.4, -0.2) is 32.0 Å². The van der Waals surface area contributed by atoms with Gasteiger partial charge in [-0.05, 0) is 30.6 Å². The lowest BCUT2D eigenvalue weighted by molar-refractivity contribution is 0.580. The molecule has 1 aromatic heterocycles. The maximum absolute atomic E-state index is 11.9. The maximum atomic E-state index is 11.9. The van der Waals surface area contributed by atoms with Gasteiger partial charge in [0.05, 0.1) is 0 Å². The number of nitrogens with one attached hydrogen (secondary N) is 1. The average Bonchev–Trinajstić information content (AvgIpc) is 2.34. The van der Waals surface area contributed by atoms with Gasteiger partial charge < -0.3 is 0 Å². The number of pyridine rings is 1. The van der Waals surface area contributed by atoms with Crippen LogP contribution in [-0.2, 0) is 10.0 Å². The maximum Gasteiger partial charge on any atom is 0.243 e. The first-order chi connectivity index (χ1) is 8.11. The van der Waals surface area contributed by atoms with Gasteiger partial charge in [-0.25, -0.2) is 18.1 Å². The van der Waals surface area contributed by atoms with Crippen LogP contribution in [0.1, 0.15) is 12.1 Å². The number of nitriles is 1. The second kappa shape index (κ2) is 6.59. The Balaban J connectivity index is 2.80. The lowest BCUT2D eigenvalue weighted by Gasteiger charge is -2.06. The number of hydrogen-bond acceptors (Lipinski definition) is 5. The van der Waals surface area contributed by atoms with E-state index in [1.54, 1.807) is 17.8 Å². The van der Waals surface area contributed by atoms with Gasteiger partial charge in [0.25, 0.3) is 0 Å². The zero-order valence-electron chi connectivity index (χ0n) is 9.38. The molecular weight excluding hydrogens is 258 g/mol. The highest BCUT2D eigenvalue weighted by Crippen LogP contribution is 2.11. The van der Waals surface area contributed by atoms with Crippen LogP contribution in [0.3, 0.4) is 0 Å². The van der Waals surface area contributed by atoms with Crippen LogP contribution >= 0.6 is 11.8 Å². The number of sulfonamides is 1. The minimum absolute atomic E-state index is 0.0633. The van der Waals surface area contributed by atoms with Crippen molar-refractivity contribution in [3.05, 3.63) is 24.0 Å². The van der Waals surface area contributed by atoms with E-state index in [9.17, 15) is 8.42 Å². The fourth-order valence-corrected chi connectivity index (χ4v) is 2.80. The van der Waals surface area contributed by atoms with Crippen molar-refractivity contribution in [2.45, 2.75) is 11.3 Å². The fourth-order valence-electron chi connectivity index (χ4n) is 1.19. The predicted molar refractivity (Wildman–Crippen MR) is 67.1 cm³/mol. The first-order valence-corrected chi connectivity index (χ1v) is 7.83. The summed E-state index contributed by atoms with van der Waals surface area (Å²) in [4.78, 5) is 3.66. The lowest BCUT2D eigenvalue weighted by Crippen LogP contribution is -2.26. The molecule has 0 amide bonds. The summed E-state index contributed by atoms with van der Waals surface area (Å²) < 4.78 is 26.2. The molecule has 7 heteroatoms. The molecule has 1 aromatic rings. The Kier molecular flexibility index (Phi) is 5.41. The molecule has 0 spiro atoms. The van der Waals surface area contributed by atoms with Gasteiger partial charge in [-0.2, -0.15) is 17.0 Å². The Morgan fingerprint density at radius 1 is 1.59 bits per heavy atom. The normalized spacial score (nSPS) is 11.1. The standard InChI is InChI=1S/C10H13N3O2S2/c1-16-7-3-6-13-17(14,15)10-4-2-5-12-9(10)8-11/h2,4-5,13H,3,6-7H2,1H3. The molecule has 17 heavy (non-hydrogen) atoms. The smallest absolute Gasteiger partial charge is 0.243 e. The molecular formula is C10H13N3O2S2. The van der Waals surface area contributed by atoms with E-state index in [-0.39, 0.29) is 10.6 Å². The molecule has 0 aliphatic heterocycles. The van der Waals surface area contributed by atoms with E-state index >= 15 is 0 Å². The highest BCUT2D eigenvalue weighted by atomic mass is 32.2. The van der Waals surface area contributed by atoms with Gasteiger partial charge in [-0.3, -0.25) is 0 Å². The van der Waals surface area contributed by atoms with Crippen LogP contribution in [0.4, 0.5) is 0 Å². The van der Waals surface area contributed by atoms with Gasteiger partial charge in [0, 0.05) is 12.7 Å². The average molecular weight is 271 g/mol. The molecule has 0 fully saturated rings. The molecule has 0 bridgehead atoms. The topological polar surface area (TPSA) is 82.8 Å². The number of rotatable bonds is 6. The van der Waals surface area contributed by atoms with Crippen LogP contribution in [0.5, 0.6) is 0 Å². The molecule has 0 aromatic carbocycles. The molecule has 0 saturated carbocycles. The number of nitrogens with zero attached hydrogens (tertiary/aromatic N) is 2. The van der Waals surface area contributed by atoms with E-state index in [0.717, 1.165) is 12.2 Å². The SMILES string of the molecule is CSCCCNS(=O)(=O)c1cccnc1C#N. The summed E-state index contributed by atoms with van der Waals surface area (Å²) in [5, 5.41) is 8.78. The first-order valence-electron chi connectivity index (χ1n) is 4.95. The van der Waals surface area contributed by atoms with E-state index in [1.165, 1.54) is 18.3 Å². The third-order valence-corrected chi connectivity index (χ3v) is 4.17. The van der Waals surface area contributed by atoms with Crippen LogP contribution in [0, 0.1) is 11.3 Å². The summed E-state index contributed by atoms with van der Waals surface area (Å²) in [6, 6.07) is 4.64. The summed E-state index contributed by atoms with van der Waals surface area (Å²) in [5.41, 5.74) is -0.0788. The van der Waals surface area contributed by atoms with Crippen LogP contribution in [0.15, 0.2) is 23.2 Å². The van der Waals surface area contributed by atoms with Crippen molar-refractivity contribution in [3.63, 3.8) is 0 Å². The third-order valence-electron chi connectivity index (χ3n) is 1.98. The summed E-state index contributed by atoms with van der Waals surface area (Å²) >= 11 is 1.66. The summed E-state index contributed by atoms with van der Waals surface area (Å²) in [6.45, 7) is 0.364. The van der Waals surface area contributed by atoms with Gasteiger partial charge in [0.1, 0.15) is 11.0 Å². The van der Waals surface area contributed by atoms with Crippen LogP contribution in [0.2, 0.25) is 0 Å². The molecule has 0 aliphatic rings. The summed E-state index contributed by atoms with van der Waals surface area (Å²) in [5.74, 6) is 0.890. The van der Waals surface area contributed by atoms with Crippen molar-refractivity contribution in [1.82, 2.24) is 9.71 Å². The molecule has 1 heterocycles. The zero-order valence-corrected chi connectivity index (χ0v) is 11.0. The largest absolute Gasteiger partial charge is 0.244 e. The highest BCUT2D eigenvalue weighted by molar-refractivity contribution is 7.98. The second-order valence-electron chi connectivity index (χ2n) is 3.21. The molecule has 0 atom stereocenters. The van der Waals surface area contributed by atoms with E-state index in [0.29, 0.717) is 6.54 Å². The Morgan fingerprint density at radius 3 is 3.00 bits per heavy atom. The molecule has 5 nitrogen and oxygen atoms in total. The molecule has 1 rings (SSSR count). The van der Waals surface area contributed by atoms with Gasteiger partial charge in [-0.1, -0.05) is 0 Å². The Bertz CT molecular complexity index is 509. The van der Waals surface area contributed by atoms with Crippen molar-refractivity contribution in [2.24, 2.45) is 0 Å². The van der Waals surface area contributed by atoms with Crippen molar-refractivity contribution < 1.29 is 8.42 Å². The molecule has 0 unspecified atom stereocenters. The predicted octanol–water partition coefficient (Wildman–Crippen LogP) is 0.985. The minimum Gasteiger partial charge on any atom is -0.244 e. The summed E-state index contributed by atoms with van der Waals surface area (Å²) in [6.07, 6.45) is 4.11. The Morgan fingerprint density at radius 2 is 2.35 bits per heavy atom. The third kappa shape index (κ3) is 4.00. The van der Waals surface area contributed by atoms with E-state index in [2.05, 4.69) is 9.71 Å². The second-order valence-corrected chi connectivity index (χ2v) is 5.93. The lowest BCUT2D eigenvalue weighted by atomic mass is 10.4. The summed E-state index contributed by atoms with van der Waals surface area (Å²) in [7, 11) is -3.63. The fraction of sp³-hybridized carbons (Fsp3) is 0.400. The molecule has 0 saturated heterocycles. The van der Waals surface area contributed by atoms with Crippen molar-refractivity contribution in [1.29, 1.82) is 5.26 Å². The molecule has 0 aliphatic carbocycles. The quantitative estimate of drug-likeness (QED) is 0.780.